The van der Waals surface area contributed by atoms with E-state index in [1.54, 1.807) is 6.92 Å². The van der Waals surface area contributed by atoms with Crippen molar-refractivity contribution in [3.8, 4) is 0 Å². The molecule has 0 fully saturated rings. The minimum absolute atomic E-state index is 0.0118. The first kappa shape index (κ1) is 16.4. The molecule has 0 radical (unpaired) electrons. The van der Waals surface area contributed by atoms with E-state index >= 15 is 0 Å². The second-order valence-electron chi connectivity index (χ2n) is 4.44. The SMILES string of the molecule is CC(O)CCN(C)C(=O)C(=O)Nc1ccc(F)cc1Cl. The number of nitrogens with zero attached hydrogens (tertiary/aromatic N) is 1. The number of aliphatic hydroxyl groups excluding tert-OH is 1. The fourth-order valence-corrected chi connectivity index (χ4v) is 1.64. The number of hydrogen-bond acceptors (Lipinski definition) is 3. The lowest BCUT2D eigenvalue weighted by molar-refractivity contribution is -0.142. The van der Waals surface area contributed by atoms with Gasteiger partial charge < -0.3 is 15.3 Å². The Kier molecular flexibility index (Phi) is 5.91. The van der Waals surface area contributed by atoms with Crippen molar-refractivity contribution in [3.05, 3.63) is 29.0 Å². The molecule has 0 heterocycles. The van der Waals surface area contributed by atoms with Crippen LogP contribution in [0.15, 0.2) is 18.2 Å². The molecule has 0 aliphatic heterocycles. The number of halogens is 2. The van der Waals surface area contributed by atoms with E-state index < -0.39 is 23.7 Å². The van der Waals surface area contributed by atoms with Crippen LogP contribution in [0.5, 0.6) is 0 Å². The van der Waals surface area contributed by atoms with Gasteiger partial charge in [0.25, 0.3) is 0 Å². The topological polar surface area (TPSA) is 69.6 Å². The van der Waals surface area contributed by atoms with Crippen LogP contribution in [0.1, 0.15) is 13.3 Å². The van der Waals surface area contributed by atoms with Crippen molar-refractivity contribution in [2.75, 3.05) is 18.9 Å². The summed E-state index contributed by atoms with van der Waals surface area (Å²) in [5.74, 6) is -2.16. The van der Waals surface area contributed by atoms with E-state index in [0.717, 1.165) is 12.1 Å². The van der Waals surface area contributed by atoms with E-state index in [0.29, 0.717) is 6.42 Å². The van der Waals surface area contributed by atoms with Gasteiger partial charge in [-0.2, -0.15) is 0 Å². The second-order valence-corrected chi connectivity index (χ2v) is 4.85. The van der Waals surface area contributed by atoms with Crippen molar-refractivity contribution in [2.24, 2.45) is 0 Å². The van der Waals surface area contributed by atoms with Crippen molar-refractivity contribution >= 4 is 29.1 Å². The van der Waals surface area contributed by atoms with Crippen LogP contribution in [-0.2, 0) is 9.59 Å². The molecule has 1 aromatic rings. The van der Waals surface area contributed by atoms with Gasteiger partial charge in [0.15, 0.2) is 0 Å². The molecule has 0 spiro atoms. The van der Waals surface area contributed by atoms with Crippen molar-refractivity contribution in [1.29, 1.82) is 0 Å². The Morgan fingerprint density at radius 3 is 2.70 bits per heavy atom. The van der Waals surface area contributed by atoms with E-state index in [9.17, 15) is 14.0 Å². The van der Waals surface area contributed by atoms with Gasteiger partial charge in [-0.1, -0.05) is 11.6 Å². The quantitative estimate of drug-likeness (QED) is 0.831. The van der Waals surface area contributed by atoms with Gasteiger partial charge in [-0.3, -0.25) is 9.59 Å². The average Bonchev–Trinajstić information content (AvgIpc) is 2.38. The lowest BCUT2D eigenvalue weighted by Crippen LogP contribution is -2.38. The molecule has 1 atom stereocenters. The molecule has 0 aliphatic carbocycles. The highest BCUT2D eigenvalue weighted by molar-refractivity contribution is 6.41. The maximum absolute atomic E-state index is 12.9. The highest BCUT2D eigenvalue weighted by atomic mass is 35.5. The predicted molar refractivity (Wildman–Crippen MR) is 74.0 cm³/mol. The first-order chi connectivity index (χ1) is 9.31. The second kappa shape index (κ2) is 7.21. The Balaban J connectivity index is 2.63. The summed E-state index contributed by atoms with van der Waals surface area (Å²) in [7, 11) is 1.45. The zero-order valence-corrected chi connectivity index (χ0v) is 11.9. The van der Waals surface area contributed by atoms with Crippen molar-refractivity contribution < 1.29 is 19.1 Å². The molecular formula is C13H16ClFN2O3. The van der Waals surface area contributed by atoms with Gasteiger partial charge >= 0.3 is 11.8 Å². The Morgan fingerprint density at radius 2 is 2.15 bits per heavy atom. The first-order valence-corrected chi connectivity index (χ1v) is 6.38. The largest absolute Gasteiger partial charge is 0.393 e. The van der Waals surface area contributed by atoms with Crippen LogP contribution in [0.25, 0.3) is 0 Å². The zero-order valence-electron chi connectivity index (χ0n) is 11.2. The number of carbonyl (C=O) groups is 2. The third kappa shape index (κ3) is 4.79. The lowest BCUT2D eigenvalue weighted by atomic mass is 10.2. The van der Waals surface area contributed by atoms with Gasteiger partial charge in [-0.05, 0) is 31.5 Å². The van der Waals surface area contributed by atoms with E-state index in [4.69, 9.17) is 16.7 Å². The van der Waals surface area contributed by atoms with E-state index in [-0.39, 0.29) is 17.3 Å². The summed E-state index contributed by atoms with van der Waals surface area (Å²) in [5, 5.41) is 11.5. The van der Waals surface area contributed by atoms with Crippen LogP contribution < -0.4 is 5.32 Å². The molecule has 2 amide bonds. The summed E-state index contributed by atoms with van der Waals surface area (Å²) in [6.45, 7) is 1.84. The summed E-state index contributed by atoms with van der Waals surface area (Å²) >= 11 is 5.75. The summed E-state index contributed by atoms with van der Waals surface area (Å²) in [4.78, 5) is 24.7. The van der Waals surface area contributed by atoms with Gasteiger partial charge in [0.05, 0.1) is 16.8 Å². The van der Waals surface area contributed by atoms with Gasteiger partial charge in [-0.15, -0.1) is 0 Å². The molecule has 1 rings (SSSR count). The van der Waals surface area contributed by atoms with Gasteiger partial charge in [0.2, 0.25) is 0 Å². The number of carbonyl (C=O) groups excluding carboxylic acids is 2. The van der Waals surface area contributed by atoms with Gasteiger partial charge in [0.1, 0.15) is 5.82 Å². The van der Waals surface area contributed by atoms with Gasteiger partial charge in [0, 0.05) is 13.6 Å². The number of nitrogens with one attached hydrogen (secondary N) is 1. The molecule has 0 aromatic heterocycles. The number of amides is 2. The molecule has 5 nitrogen and oxygen atoms in total. The van der Waals surface area contributed by atoms with E-state index in [1.807, 2.05) is 0 Å². The molecule has 110 valence electrons. The Morgan fingerprint density at radius 1 is 1.50 bits per heavy atom. The minimum Gasteiger partial charge on any atom is -0.393 e. The Labute approximate surface area is 121 Å². The summed E-state index contributed by atoms with van der Waals surface area (Å²) < 4.78 is 12.9. The lowest BCUT2D eigenvalue weighted by Gasteiger charge is -2.17. The summed E-state index contributed by atoms with van der Waals surface area (Å²) in [6.07, 6.45) is -0.188. The van der Waals surface area contributed by atoms with Crippen LogP contribution in [0.2, 0.25) is 5.02 Å². The minimum atomic E-state index is -0.869. The van der Waals surface area contributed by atoms with Crippen LogP contribution >= 0.6 is 11.6 Å². The maximum Gasteiger partial charge on any atom is 0.313 e. The third-order valence-electron chi connectivity index (χ3n) is 2.60. The van der Waals surface area contributed by atoms with Crippen molar-refractivity contribution in [1.82, 2.24) is 4.90 Å². The molecule has 0 bridgehead atoms. The fraction of sp³-hybridized carbons (Fsp3) is 0.385. The normalized spacial score (nSPS) is 11.8. The smallest absolute Gasteiger partial charge is 0.313 e. The number of aliphatic hydroxyl groups is 1. The molecule has 20 heavy (non-hydrogen) atoms. The monoisotopic (exact) mass is 302 g/mol. The average molecular weight is 303 g/mol. The van der Waals surface area contributed by atoms with Crippen molar-refractivity contribution in [3.63, 3.8) is 0 Å². The molecule has 0 saturated carbocycles. The standard InChI is InChI=1S/C13H16ClFN2O3/c1-8(18)5-6-17(2)13(20)12(19)16-11-4-3-9(15)7-10(11)14/h3-4,7-8,18H,5-6H2,1-2H3,(H,16,19). The third-order valence-corrected chi connectivity index (χ3v) is 2.92. The van der Waals surface area contributed by atoms with Crippen LogP contribution in [0.3, 0.4) is 0 Å². The number of benzene rings is 1. The predicted octanol–water partition coefficient (Wildman–Crippen LogP) is 1.65. The highest BCUT2D eigenvalue weighted by Gasteiger charge is 2.19. The zero-order chi connectivity index (χ0) is 15.3. The Bertz CT molecular complexity index is 508. The molecular weight excluding hydrogens is 287 g/mol. The van der Waals surface area contributed by atoms with Crippen LogP contribution in [0, 0.1) is 5.82 Å². The van der Waals surface area contributed by atoms with E-state index in [2.05, 4.69) is 5.32 Å². The number of anilines is 1. The number of likely N-dealkylation sites (N-methyl/N-ethyl adjacent to an activating group) is 1. The first-order valence-electron chi connectivity index (χ1n) is 6.01. The van der Waals surface area contributed by atoms with E-state index in [1.165, 1.54) is 18.0 Å². The molecule has 1 unspecified atom stereocenters. The van der Waals surface area contributed by atoms with Crippen LogP contribution in [0.4, 0.5) is 10.1 Å². The highest BCUT2D eigenvalue weighted by Crippen LogP contribution is 2.22. The Hall–Kier alpha value is -1.66. The molecule has 1 aromatic carbocycles. The molecule has 2 N–H and O–H groups in total. The van der Waals surface area contributed by atoms with Gasteiger partial charge in [-0.25, -0.2) is 4.39 Å². The van der Waals surface area contributed by atoms with Crippen molar-refractivity contribution in [2.45, 2.75) is 19.4 Å². The molecule has 7 heteroatoms. The number of hydrogen-bond donors (Lipinski definition) is 2. The molecule has 0 aliphatic rings. The van der Waals surface area contributed by atoms with Crippen LogP contribution in [-0.4, -0.2) is 41.5 Å². The summed E-state index contributed by atoms with van der Waals surface area (Å²) in [6, 6.07) is 3.45. The molecule has 0 saturated heterocycles. The summed E-state index contributed by atoms with van der Waals surface area (Å²) in [5.41, 5.74) is 0.162. The maximum atomic E-state index is 12.9. The fourth-order valence-electron chi connectivity index (χ4n) is 1.42. The number of rotatable bonds is 4.